The summed E-state index contributed by atoms with van der Waals surface area (Å²) in [6.07, 6.45) is 4.42. The molecule has 0 N–H and O–H groups in total. The number of allylic oxidation sites excluding steroid dienone is 1. The Bertz CT molecular complexity index is 599. The van der Waals surface area contributed by atoms with Crippen molar-refractivity contribution in [2.45, 2.75) is 37.2 Å². The largest absolute Gasteiger partial charge is 0.374 e. The number of nitrogens with zero attached hydrogens (tertiary/aromatic N) is 2. The summed E-state index contributed by atoms with van der Waals surface area (Å²) < 4.78 is 18.7. The van der Waals surface area contributed by atoms with E-state index in [0.717, 1.165) is 12.8 Å². The fraction of sp³-hybridized carbons (Fsp3) is 0.412. The quantitative estimate of drug-likeness (QED) is 0.789. The first-order chi connectivity index (χ1) is 10.1. The van der Waals surface area contributed by atoms with Crippen LogP contribution in [-0.2, 0) is 4.74 Å². The van der Waals surface area contributed by atoms with Gasteiger partial charge < -0.3 is 4.74 Å². The molecule has 0 unspecified atom stereocenters. The molecular formula is C17H17FN2O. The van der Waals surface area contributed by atoms with E-state index in [1.165, 1.54) is 17.7 Å². The highest BCUT2D eigenvalue weighted by Crippen LogP contribution is 2.41. The average Bonchev–Trinajstić information content (AvgIpc) is 2.55. The molecule has 3 nitrogen and oxygen atoms in total. The van der Waals surface area contributed by atoms with Crippen molar-refractivity contribution in [2.24, 2.45) is 0 Å². The summed E-state index contributed by atoms with van der Waals surface area (Å²) in [5, 5.41) is 17.4. The average molecular weight is 284 g/mol. The van der Waals surface area contributed by atoms with Crippen molar-refractivity contribution < 1.29 is 9.13 Å². The molecule has 2 rings (SSSR count). The Morgan fingerprint density at radius 3 is 2.38 bits per heavy atom. The molecule has 0 radical (unpaired) electrons. The van der Waals surface area contributed by atoms with E-state index in [-0.39, 0.29) is 0 Å². The molecule has 0 aromatic heterocycles. The molecule has 1 saturated carbocycles. The standard InChI is InChI=1S/C17H17FN2O/c1-21-17(10-16(18)12-20)8-6-15(7-9-17)14-4-2-13(11-19)3-5-14/h2-5,10,15H,6-9H2,1H3/t15-,17+. The molecule has 0 amide bonds. The molecule has 1 aliphatic carbocycles. The fourth-order valence-electron chi connectivity index (χ4n) is 2.94. The molecule has 1 aromatic rings. The zero-order valence-corrected chi connectivity index (χ0v) is 12.0. The Morgan fingerprint density at radius 1 is 1.29 bits per heavy atom. The maximum absolute atomic E-state index is 13.2. The third-order valence-electron chi connectivity index (χ3n) is 4.25. The maximum Gasteiger partial charge on any atom is 0.198 e. The predicted octanol–water partition coefficient (Wildman–Crippen LogP) is 3.98. The molecule has 4 heteroatoms. The smallest absolute Gasteiger partial charge is 0.198 e. The number of nitriles is 2. The number of ether oxygens (including phenoxy) is 1. The van der Waals surface area contributed by atoms with Gasteiger partial charge in [-0.2, -0.15) is 14.9 Å². The van der Waals surface area contributed by atoms with E-state index in [1.807, 2.05) is 24.3 Å². The van der Waals surface area contributed by atoms with Crippen LogP contribution >= 0.6 is 0 Å². The van der Waals surface area contributed by atoms with Crippen molar-refractivity contribution in [1.29, 1.82) is 10.5 Å². The van der Waals surface area contributed by atoms with E-state index in [4.69, 9.17) is 15.3 Å². The number of hydrogen-bond donors (Lipinski definition) is 0. The molecule has 0 spiro atoms. The normalized spacial score (nSPS) is 25.9. The van der Waals surface area contributed by atoms with Crippen LogP contribution in [0, 0.1) is 22.7 Å². The zero-order valence-electron chi connectivity index (χ0n) is 12.0. The van der Waals surface area contributed by atoms with Crippen LogP contribution in [0.3, 0.4) is 0 Å². The Morgan fingerprint density at radius 2 is 1.90 bits per heavy atom. The molecular weight excluding hydrogens is 267 g/mol. The van der Waals surface area contributed by atoms with E-state index in [0.29, 0.717) is 24.3 Å². The number of hydrogen-bond acceptors (Lipinski definition) is 3. The number of rotatable bonds is 3. The van der Waals surface area contributed by atoms with Crippen LogP contribution in [0.15, 0.2) is 36.2 Å². The van der Waals surface area contributed by atoms with Crippen LogP contribution in [0.5, 0.6) is 0 Å². The minimum absolute atomic E-state index is 0.388. The molecule has 108 valence electrons. The van der Waals surface area contributed by atoms with Crippen LogP contribution < -0.4 is 0 Å². The second kappa shape index (κ2) is 6.52. The van der Waals surface area contributed by atoms with E-state index in [1.54, 1.807) is 7.11 Å². The summed E-state index contributed by atoms with van der Waals surface area (Å²) in [7, 11) is 1.56. The summed E-state index contributed by atoms with van der Waals surface area (Å²) >= 11 is 0. The molecule has 1 aromatic carbocycles. The van der Waals surface area contributed by atoms with Crippen molar-refractivity contribution in [3.05, 3.63) is 47.3 Å². The van der Waals surface area contributed by atoms with Gasteiger partial charge in [0, 0.05) is 7.11 Å². The van der Waals surface area contributed by atoms with Crippen LogP contribution in [-0.4, -0.2) is 12.7 Å². The van der Waals surface area contributed by atoms with Crippen LogP contribution in [0.1, 0.15) is 42.7 Å². The zero-order chi connectivity index (χ0) is 15.3. The van der Waals surface area contributed by atoms with Gasteiger partial charge in [0.25, 0.3) is 0 Å². The Kier molecular flexibility index (Phi) is 4.73. The molecule has 0 atom stereocenters. The lowest BCUT2D eigenvalue weighted by Gasteiger charge is -2.37. The van der Waals surface area contributed by atoms with Gasteiger partial charge in [0.05, 0.1) is 17.2 Å². The highest BCUT2D eigenvalue weighted by molar-refractivity contribution is 5.33. The minimum atomic E-state index is -0.784. The van der Waals surface area contributed by atoms with Crippen molar-refractivity contribution in [3.63, 3.8) is 0 Å². The summed E-state index contributed by atoms with van der Waals surface area (Å²) in [5.41, 5.74) is 1.19. The van der Waals surface area contributed by atoms with Gasteiger partial charge in [0.2, 0.25) is 0 Å². The lowest BCUT2D eigenvalue weighted by Crippen LogP contribution is -2.34. The predicted molar refractivity (Wildman–Crippen MR) is 76.9 cm³/mol. The van der Waals surface area contributed by atoms with Gasteiger partial charge >= 0.3 is 0 Å². The molecule has 0 aliphatic heterocycles. The lowest BCUT2D eigenvalue weighted by atomic mass is 9.75. The number of halogens is 1. The Balaban J connectivity index is 2.08. The Hall–Kier alpha value is -2.17. The first-order valence-electron chi connectivity index (χ1n) is 6.96. The van der Waals surface area contributed by atoms with Gasteiger partial charge in [-0.05, 0) is 55.4 Å². The SMILES string of the molecule is CO[C@]1(C=C(F)C#N)CC[C@H](c2ccc(C#N)cc2)CC1. The topological polar surface area (TPSA) is 56.8 Å². The van der Waals surface area contributed by atoms with Gasteiger partial charge in [-0.1, -0.05) is 12.1 Å². The highest BCUT2D eigenvalue weighted by atomic mass is 19.1. The molecule has 21 heavy (non-hydrogen) atoms. The van der Waals surface area contributed by atoms with E-state index >= 15 is 0 Å². The van der Waals surface area contributed by atoms with Crippen LogP contribution in [0.25, 0.3) is 0 Å². The minimum Gasteiger partial charge on any atom is -0.374 e. The summed E-state index contributed by atoms with van der Waals surface area (Å²) in [6, 6.07) is 11.2. The van der Waals surface area contributed by atoms with Crippen molar-refractivity contribution in [3.8, 4) is 12.1 Å². The van der Waals surface area contributed by atoms with Crippen molar-refractivity contribution in [2.75, 3.05) is 7.11 Å². The van der Waals surface area contributed by atoms with Crippen molar-refractivity contribution >= 4 is 0 Å². The molecule has 0 bridgehead atoms. The van der Waals surface area contributed by atoms with E-state index in [9.17, 15) is 4.39 Å². The van der Waals surface area contributed by atoms with Crippen LogP contribution in [0.4, 0.5) is 4.39 Å². The van der Waals surface area contributed by atoms with E-state index < -0.39 is 11.4 Å². The third kappa shape index (κ3) is 3.48. The summed E-state index contributed by atoms with van der Waals surface area (Å²) in [6.45, 7) is 0. The number of benzene rings is 1. The third-order valence-corrected chi connectivity index (χ3v) is 4.25. The second-order valence-corrected chi connectivity index (χ2v) is 5.38. The lowest BCUT2D eigenvalue weighted by molar-refractivity contribution is -0.00343. The first-order valence-corrected chi connectivity index (χ1v) is 6.96. The molecule has 1 fully saturated rings. The number of methoxy groups -OCH3 is 1. The summed E-state index contributed by atoms with van der Waals surface area (Å²) in [4.78, 5) is 0. The molecule has 0 saturated heterocycles. The van der Waals surface area contributed by atoms with Gasteiger partial charge in [-0.3, -0.25) is 0 Å². The first kappa shape index (κ1) is 15.2. The Labute approximate surface area is 124 Å². The van der Waals surface area contributed by atoms with Gasteiger partial charge in [0.15, 0.2) is 5.83 Å². The van der Waals surface area contributed by atoms with Gasteiger partial charge in [0.1, 0.15) is 6.07 Å². The molecule has 0 heterocycles. The second-order valence-electron chi connectivity index (χ2n) is 5.38. The monoisotopic (exact) mass is 284 g/mol. The van der Waals surface area contributed by atoms with Crippen molar-refractivity contribution in [1.82, 2.24) is 0 Å². The summed E-state index contributed by atoms with van der Waals surface area (Å²) in [5.74, 6) is -0.395. The fourth-order valence-corrected chi connectivity index (χ4v) is 2.94. The van der Waals surface area contributed by atoms with Gasteiger partial charge in [-0.25, -0.2) is 0 Å². The highest BCUT2D eigenvalue weighted by Gasteiger charge is 2.34. The molecule has 1 aliphatic rings. The maximum atomic E-state index is 13.2. The van der Waals surface area contributed by atoms with E-state index in [2.05, 4.69) is 6.07 Å². The van der Waals surface area contributed by atoms with Crippen LogP contribution in [0.2, 0.25) is 0 Å². The van der Waals surface area contributed by atoms with Gasteiger partial charge in [-0.15, -0.1) is 0 Å².